The lowest BCUT2D eigenvalue weighted by atomic mass is 10.1. The van der Waals surface area contributed by atoms with E-state index in [0.29, 0.717) is 33.0 Å². The summed E-state index contributed by atoms with van der Waals surface area (Å²) in [6.45, 7) is 2.44. The number of hydrogen-bond acceptors (Lipinski definition) is 7. The minimum absolute atomic E-state index is 0.0889. The van der Waals surface area contributed by atoms with Gasteiger partial charge in [-0.15, -0.1) is 0 Å². The molecule has 0 saturated carbocycles. The topological polar surface area (TPSA) is 99.9 Å². The molecule has 0 aliphatic rings. The molecule has 8 heteroatoms. The fraction of sp³-hybridized carbons (Fsp3) is 0.350. The largest absolute Gasteiger partial charge is 0.465 e. The van der Waals surface area contributed by atoms with Crippen LogP contribution in [0, 0.1) is 10.1 Å². The molecule has 0 saturated heterocycles. The van der Waals surface area contributed by atoms with E-state index in [4.69, 9.17) is 9.47 Å². The zero-order chi connectivity index (χ0) is 20.2. The molecule has 0 spiro atoms. The first-order chi connectivity index (χ1) is 13.6. The van der Waals surface area contributed by atoms with Crippen molar-refractivity contribution < 1.29 is 23.9 Å². The fourth-order valence-corrected chi connectivity index (χ4v) is 2.54. The van der Waals surface area contributed by atoms with Crippen molar-refractivity contribution in [1.82, 2.24) is 0 Å². The molecule has 0 fully saturated rings. The predicted octanol–water partition coefficient (Wildman–Crippen LogP) is 3.42. The van der Waals surface area contributed by atoms with Crippen molar-refractivity contribution >= 4 is 17.3 Å². The normalized spacial score (nSPS) is 10.5. The van der Waals surface area contributed by atoms with Gasteiger partial charge in [0, 0.05) is 19.8 Å². The average molecular weight is 388 g/mol. The second kappa shape index (κ2) is 11.7. The first-order valence-corrected chi connectivity index (χ1v) is 8.92. The lowest BCUT2D eigenvalue weighted by Gasteiger charge is -2.10. The number of anilines is 1. The number of esters is 1. The summed E-state index contributed by atoms with van der Waals surface area (Å²) >= 11 is 0. The van der Waals surface area contributed by atoms with Crippen molar-refractivity contribution in [2.24, 2.45) is 0 Å². The van der Waals surface area contributed by atoms with Gasteiger partial charge in [0.2, 0.25) is 0 Å². The number of ether oxygens (including phenoxy) is 3. The van der Waals surface area contributed by atoms with Gasteiger partial charge in [-0.3, -0.25) is 10.1 Å². The minimum Gasteiger partial charge on any atom is -0.465 e. The highest BCUT2D eigenvalue weighted by atomic mass is 16.6. The van der Waals surface area contributed by atoms with Crippen molar-refractivity contribution in [3.05, 3.63) is 69.8 Å². The number of rotatable bonds is 12. The molecule has 0 aliphatic heterocycles. The molecule has 0 bridgehead atoms. The van der Waals surface area contributed by atoms with Crippen LogP contribution >= 0.6 is 0 Å². The number of nitro benzene ring substituents is 1. The van der Waals surface area contributed by atoms with Crippen LogP contribution in [0.5, 0.6) is 0 Å². The second-order valence-electron chi connectivity index (χ2n) is 5.88. The molecule has 28 heavy (non-hydrogen) atoms. The van der Waals surface area contributed by atoms with Crippen LogP contribution in [0.4, 0.5) is 11.4 Å². The quantitative estimate of drug-likeness (QED) is 0.257. The summed E-state index contributed by atoms with van der Waals surface area (Å²) in [6, 6.07) is 14.4. The molecular formula is C20H24N2O6. The van der Waals surface area contributed by atoms with E-state index in [2.05, 4.69) is 10.1 Å². The molecule has 2 aromatic rings. The smallest absolute Gasteiger partial charge is 0.344 e. The maximum absolute atomic E-state index is 11.7. The standard InChI is InChI=1S/C20H24N2O6/c1-26-20(23)17-9-5-10-18(19(17)22(24)25)21-11-14-27-12-6-13-28-15-16-7-3-2-4-8-16/h2-5,7-10,21H,6,11-15H2,1H3. The van der Waals surface area contributed by atoms with E-state index >= 15 is 0 Å². The second-order valence-corrected chi connectivity index (χ2v) is 5.88. The summed E-state index contributed by atoms with van der Waals surface area (Å²) in [5, 5.41) is 14.2. The number of methoxy groups -OCH3 is 1. The molecule has 150 valence electrons. The van der Waals surface area contributed by atoms with E-state index in [9.17, 15) is 14.9 Å². The van der Waals surface area contributed by atoms with Crippen LogP contribution in [-0.2, 0) is 20.8 Å². The third kappa shape index (κ3) is 6.64. The number of benzene rings is 2. The molecule has 0 radical (unpaired) electrons. The van der Waals surface area contributed by atoms with Crippen molar-refractivity contribution in [2.75, 3.05) is 38.8 Å². The van der Waals surface area contributed by atoms with E-state index in [-0.39, 0.29) is 16.9 Å². The Hall–Kier alpha value is -2.97. The van der Waals surface area contributed by atoms with Gasteiger partial charge in [0.25, 0.3) is 0 Å². The summed E-state index contributed by atoms with van der Waals surface area (Å²) in [5.74, 6) is -0.748. The molecule has 2 aromatic carbocycles. The Kier molecular flexibility index (Phi) is 8.90. The molecule has 0 amide bonds. The third-order valence-electron chi connectivity index (χ3n) is 3.87. The molecule has 8 nitrogen and oxygen atoms in total. The van der Waals surface area contributed by atoms with E-state index in [1.165, 1.54) is 13.2 Å². The molecule has 0 heterocycles. The Morgan fingerprint density at radius 2 is 1.79 bits per heavy atom. The molecular weight excluding hydrogens is 364 g/mol. The van der Waals surface area contributed by atoms with E-state index in [0.717, 1.165) is 12.0 Å². The monoisotopic (exact) mass is 388 g/mol. The Morgan fingerprint density at radius 3 is 2.50 bits per heavy atom. The SMILES string of the molecule is COC(=O)c1cccc(NCCOCCCOCc2ccccc2)c1[N+](=O)[O-]. The van der Waals surface area contributed by atoms with Gasteiger partial charge < -0.3 is 19.5 Å². The number of hydrogen-bond donors (Lipinski definition) is 1. The number of nitrogens with one attached hydrogen (secondary N) is 1. The van der Waals surface area contributed by atoms with Gasteiger partial charge in [-0.05, 0) is 24.1 Å². The number of para-hydroxylation sites is 1. The maximum Gasteiger partial charge on any atom is 0.344 e. The Balaban J connectivity index is 1.67. The van der Waals surface area contributed by atoms with Crippen LogP contribution in [0.15, 0.2) is 48.5 Å². The zero-order valence-corrected chi connectivity index (χ0v) is 15.8. The number of carbonyl (C=O) groups is 1. The van der Waals surface area contributed by atoms with Gasteiger partial charge in [0.1, 0.15) is 11.3 Å². The van der Waals surface area contributed by atoms with Crippen molar-refractivity contribution in [1.29, 1.82) is 0 Å². The van der Waals surface area contributed by atoms with Crippen LogP contribution in [0.25, 0.3) is 0 Å². The zero-order valence-electron chi connectivity index (χ0n) is 15.8. The van der Waals surface area contributed by atoms with E-state index < -0.39 is 10.9 Å². The Bertz CT molecular complexity index is 767. The highest BCUT2D eigenvalue weighted by Gasteiger charge is 2.24. The molecule has 0 atom stereocenters. The molecule has 0 aromatic heterocycles. The summed E-state index contributed by atoms with van der Waals surface area (Å²) in [6.07, 6.45) is 0.755. The van der Waals surface area contributed by atoms with Crippen LogP contribution in [-0.4, -0.2) is 44.4 Å². The van der Waals surface area contributed by atoms with Gasteiger partial charge in [0.05, 0.1) is 25.2 Å². The van der Waals surface area contributed by atoms with Crippen molar-refractivity contribution in [3.8, 4) is 0 Å². The molecule has 2 rings (SSSR count). The lowest BCUT2D eigenvalue weighted by Crippen LogP contribution is -2.13. The van der Waals surface area contributed by atoms with Gasteiger partial charge in [-0.2, -0.15) is 0 Å². The number of nitro groups is 1. The average Bonchev–Trinajstić information content (AvgIpc) is 2.72. The number of carbonyl (C=O) groups excluding carboxylic acids is 1. The summed E-state index contributed by atoms with van der Waals surface area (Å²) in [4.78, 5) is 22.4. The van der Waals surface area contributed by atoms with Crippen LogP contribution in [0.3, 0.4) is 0 Å². The Morgan fingerprint density at radius 1 is 1.04 bits per heavy atom. The highest BCUT2D eigenvalue weighted by Crippen LogP contribution is 2.28. The molecule has 1 N–H and O–H groups in total. The molecule has 0 aliphatic carbocycles. The van der Waals surface area contributed by atoms with Gasteiger partial charge in [-0.1, -0.05) is 36.4 Å². The summed E-state index contributed by atoms with van der Waals surface area (Å²) < 4.78 is 15.7. The lowest BCUT2D eigenvalue weighted by molar-refractivity contribution is -0.384. The predicted molar refractivity (Wildman–Crippen MR) is 104 cm³/mol. The van der Waals surface area contributed by atoms with Crippen LogP contribution in [0.2, 0.25) is 0 Å². The number of nitrogens with zero attached hydrogens (tertiary/aromatic N) is 1. The maximum atomic E-state index is 11.7. The third-order valence-corrected chi connectivity index (χ3v) is 3.87. The highest BCUT2D eigenvalue weighted by molar-refractivity contribution is 5.96. The van der Waals surface area contributed by atoms with Gasteiger partial charge in [0.15, 0.2) is 0 Å². The molecule has 0 unspecified atom stereocenters. The minimum atomic E-state index is -0.748. The van der Waals surface area contributed by atoms with Crippen LogP contribution < -0.4 is 5.32 Å². The van der Waals surface area contributed by atoms with Crippen molar-refractivity contribution in [3.63, 3.8) is 0 Å². The van der Waals surface area contributed by atoms with Gasteiger partial charge in [-0.25, -0.2) is 4.79 Å². The first kappa shape index (κ1) is 21.3. The van der Waals surface area contributed by atoms with E-state index in [1.807, 2.05) is 30.3 Å². The van der Waals surface area contributed by atoms with Crippen molar-refractivity contribution in [2.45, 2.75) is 13.0 Å². The summed E-state index contributed by atoms with van der Waals surface area (Å²) in [5.41, 5.74) is 0.990. The fourth-order valence-electron chi connectivity index (χ4n) is 2.54. The van der Waals surface area contributed by atoms with Crippen LogP contribution in [0.1, 0.15) is 22.3 Å². The van der Waals surface area contributed by atoms with Gasteiger partial charge >= 0.3 is 11.7 Å². The van der Waals surface area contributed by atoms with E-state index in [1.54, 1.807) is 12.1 Å². The first-order valence-electron chi connectivity index (χ1n) is 8.92. The summed E-state index contributed by atoms with van der Waals surface area (Å²) in [7, 11) is 1.18. The Labute approximate surface area is 163 Å².